The highest BCUT2D eigenvalue weighted by Crippen LogP contribution is 2.26. The molecule has 0 bridgehead atoms. The molecule has 1 heterocycles. The van der Waals surface area contributed by atoms with Crippen LogP contribution in [0.2, 0.25) is 0 Å². The maximum atomic E-state index is 12.9. The lowest BCUT2D eigenvalue weighted by atomic mass is 10.1. The molecule has 0 fully saturated rings. The van der Waals surface area contributed by atoms with Crippen LogP contribution in [0.3, 0.4) is 0 Å². The van der Waals surface area contributed by atoms with Crippen LogP contribution in [0, 0.1) is 13.8 Å². The molecule has 7 heteroatoms. The van der Waals surface area contributed by atoms with Gasteiger partial charge in [-0.3, -0.25) is 4.79 Å². The van der Waals surface area contributed by atoms with Crippen molar-refractivity contribution in [2.75, 3.05) is 5.32 Å². The van der Waals surface area contributed by atoms with E-state index in [1.807, 2.05) is 74.5 Å². The first kappa shape index (κ1) is 20.5. The number of benzene rings is 3. The lowest BCUT2D eigenvalue weighted by Crippen LogP contribution is -2.14. The van der Waals surface area contributed by atoms with Crippen molar-refractivity contribution in [3.05, 3.63) is 92.6 Å². The van der Waals surface area contributed by atoms with Crippen LogP contribution in [-0.4, -0.2) is 20.7 Å². The maximum absolute atomic E-state index is 12.9. The van der Waals surface area contributed by atoms with E-state index in [-0.39, 0.29) is 11.7 Å². The Morgan fingerprint density at radius 3 is 2.43 bits per heavy atom. The molecule has 0 aliphatic rings. The lowest BCUT2D eigenvalue weighted by molar-refractivity contribution is 0.101. The molecule has 30 heavy (non-hydrogen) atoms. The fourth-order valence-corrected chi connectivity index (χ4v) is 3.73. The summed E-state index contributed by atoms with van der Waals surface area (Å²) in [4.78, 5) is 17.5. The second-order valence-corrected chi connectivity index (χ2v) is 8.76. The number of halogens is 2. The molecule has 1 N–H and O–H groups in total. The average Bonchev–Trinajstić information content (AvgIpc) is 3.16. The first-order chi connectivity index (χ1) is 14.4. The second-order valence-electron chi connectivity index (χ2n) is 6.93. The van der Waals surface area contributed by atoms with Crippen LogP contribution < -0.4 is 5.32 Å². The number of hydrogen-bond acceptors (Lipinski definition) is 3. The number of aromatic nitrogens is 3. The molecule has 1 aromatic heterocycles. The fourth-order valence-electron chi connectivity index (χ4n) is 3.06. The molecule has 1 amide bonds. The minimum Gasteiger partial charge on any atom is -0.319 e. The van der Waals surface area contributed by atoms with Gasteiger partial charge >= 0.3 is 0 Å². The Hall–Kier alpha value is -2.77. The number of carbonyl (C=O) groups excluding carboxylic acids is 1. The first-order valence-electron chi connectivity index (χ1n) is 9.28. The zero-order valence-electron chi connectivity index (χ0n) is 16.4. The molecule has 3 aromatic carbocycles. The molecule has 4 aromatic rings. The molecule has 0 aliphatic heterocycles. The highest BCUT2D eigenvalue weighted by molar-refractivity contribution is 9.10. The fraction of sp³-hybridized carbons (Fsp3) is 0.0870. The molecule has 5 nitrogen and oxygen atoms in total. The van der Waals surface area contributed by atoms with E-state index in [1.54, 1.807) is 4.68 Å². The Kier molecular flexibility index (Phi) is 5.83. The normalized spacial score (nSPS) is 10.8. The molecular formula is C23H18Br2N4O. The van der Waals surface area contributed by atoms with Crippen LogP contribution in [0.4, 0.5) is 5.69 Å². The number of hydrogen-bond donors (Lipinski definition) is 1. The monoisotopic (exact) mass is 524 g/mol. The third-order valence-corrected chi connectivity index (χ3v) is 5.61. The van der Waals surface area contributed by atoms with Gasteiger partial charge in [-0.05, 0) is 61.4 Å². The van der Waals surface area contributed by atoms with Crippen molar-refractivity contribution in [2.45, 2.75) is 13.8 Å². The molecule has 4 rings (SSSR count). The van der Waals surface area contributed by atoms with Crippen LogP contribution in [0.5, 0.6) is 0 Å². The van der Waals surface area contributed by atoms with Gasteiger partial charge < -0.3 is 5.32 Å². The highest BCUT2D eigenvalue weighted by Gasteiger charge is 2.20. The van der Waals surface area contributed by atoms with Gasteiger partial charge in [-0.2, -0.15) is 0 Å². The molecular weight excluding hydrogens is 508 g/mol. The molecule has 0 saturated heterocycles. The summed E-state index contributed by atoms with van der Waals surface area (Å²) in [5.74, 6) is 0.347. The number of carbonyl (C=O) groups is 1. The van der Waals surface area contributed by atoms with Crippen molar-refractivity contribution < 1.29 is 4.79 Å². The highest BCUT2D eigenvalue weighted by atomic mass is 79.9. The zero-order valence-corrected chi connectivity index (χ0v) is 19.5. The molecule has 0 radical (unpaired) electrons. The molecule has 0 atom stereocenters. The molecule has 0 saturated carbocycles. The third-order valence-electron chi connectivity index (χ3n) is 4.59. The van der Waals surface area contributed by atoms with Gasteiger partial charge in [-0.15, -0.1) is 5.10 Å². The van der Waals surface area contributed by atoms with Crippen molar-refractivity contribution in [3.63, 3.8) is 0 Å². The summed E-state index contributed by atoms with van der Waals surface area (Å²) in [6.45, 7) is 4.04. The molecule has 0 aliphatic carbocycles. The average molecular weight is 526 g/mol. The van der Waals surface area contributed by atoms with Crippen LogP contribution in [0.15, 0.2) is 75.7 Å². The number of rotatable bonds is 4. The third kappa shape index (κ3) is 4.37. The summed E-state index contributed by atoms with van der Waals surface area (Å²) in [6, 6.07) is 21.3. The largest absolute Gasteiger partial charge is 0.319 e. The summed E-state index contributed by atoms with van der Waals surface area (Å²) in [7, 11) is 0. The first-order valence-corrected chi connectivity index (χ1v) is 10.9. The number of amides is 1. The van der Waals surface area contributed by atoms with Crippen LogP contribution in [0.25, 0.3) is 17.1 Å². The SMILES string of the molecule is Cc1ccc(C)c(-n2nc(C(=O)Nc3cccc(Br)c3)nc2-c2ccc(Br)cc2)c1. The summed E-state index contributed by atoms with van der Waals surface area (Å²) in [5, 5.41) is 7.43. The standard InChI is InChI=1S/C23H18Br2N4O/c1-14-6-7-15(2)20(12-14)29-22(16-8-10-17(24)11-9-16)27-21(28-29)23(30)26-19-5-3-4-18(25)13-19/h3-13H,1-2H3,(H,26,30). The van der Waals surface area contributed by atoms with Crippen molar-refractivity contribution in [2.24, 2.45) is 0 Å². The van der Waals surface area contributed by atoms with Gasteiger partial charge in [0, 0.05) is 20.2 Å². The van der Waals surface area contributed by atoms with Gasteiger partial charge in [0.1, 0.15) is 0 Å². The van der Waals surface area contributed by atoms with E-state index in [2.05, 4.69) is 53.3 Å². The molecule has 0 unspecified atom stereocenters. The van der Waals surface area contributed by atoms with E-state index in [9.17, 15) is 4.79 Å². The summed E-state index contributed by atoms with van der Waals surface area (Å²) in [6.07, 6.45) is 0. The Bertz CT molecular complexity index is 1230. The second kappa shape index (κ2) is 8.53. The minimum absolute atomic E-state index is 0.105. The van der Waals surface area contributed by atoms with Gasteiger partial charge in [0.15, 0.2) is 5.82 Å². The summed E-state index contributed by atoms with van der Waals surface area (Å²) < 4.78 is 3.59. The van der Waals surface area contributed by atoms with Crippen LogP contribution >= 0.6 is 31.9 Å². The van der Waals surface area contributed by atoms with E-state index in [0.717, 1.165) is 31.3 Å². The zero-order chi connectivity index (χ0) is 21.3. The van der Waals surface area contributed by atoms with Gasteiger partial charge in [0.25, 0.3) is 5.91 Å². The number of anilines is 1. The summed E-state index contributed by atoms with van der Waals surface area (Å²) >= 11 is 6.88. The lowest BCUT2D eigenvalue weighted by Gasteiger charge is -2.10. The van der Waals surface area contributed by atoms with Crippen molar-refractivity contribution in [1.29, 1.82) is 0 Å². The number of nitrogens with one attached hydrogen (secondary N) is 1. The molecule has 0 spiro atoms. The van der Waals surface area contributed by atoms with E-state index in [1.165, 1.54) is 0 Å². The van der Waals surface area contributed by atoms with E-state index in [0.29, 0.717) is 11.5 Å². The van der Waals surface area contributed by atoms with Gasteiger partial charge in [0.05, 0.1) is 5.69 Å². The van der Waals surface area contributed by atoms with Gasteiger partial charge in [0.2, 0.25) is 5.82 Å². The van der Waals surface area contributed by atoms with E-state index < -0.39 is 0 Å². The number of aryl methyl sites for hydroxylation is 2. The molecule has 150 valence electrons. The van der Waals surface area contributed by atoms with E-state index in [4.69, 9.17) is 0 Å². The van der Waals surface area contributed by atoms with E-state index >= 15 is 0 Å². The topological polar surface area (TPSA) is 59.8 Å². The van der Waals surface area contributed by atoms with Crippen LogP contribution in [-0.2, 0) is 0 Å². The smallest absolute Gasteiger partial charge is 0.295 e. The number of nitrogens with zero attached hydrogens (tertiary/aromatic N) is 3. The Morgan fingerprint density at radius 2 is 1.70 bits per heavy atom. The summed E-state index contributed by atoms with van der Waals surface area (Å²) in [5.41, 5.74) is 4.58. The van der Waals surface area contributed by atoms with Gasteiger partial charge in [-0.25, -0.2) is 9.67 Å². The predicted molar refractivity (Wildman–Crippen MR) is 126 cm³/mol. The Balaban J connectivity index is 1.80. The quantitative estimate of drug-likeness (QED) is 0.338. The van der Waals surface area contributed by atoms with Crippen molar-refractivity contribution in [3.8, 4) is 17.1 Å². The van der Waals surface area contributed by atoms with Gasteiger partial charge in [-0.1, -0.05) is 62.2 Å². The van der Waals surface area contributed by atoms with Crippen molar-refractivity contribution >= 4 is 43.5 Å². The maximum Gasteiger partial charge on any atom is 0.295 e. The van der Waals surface area contributed by atoms with Crippen LogP contribution in [0.1, 0.15) is 21.7 Å². The minimum atomic E-state index is -0.365. The Labute approximate surface area is 191 Å². The van der Waals surface area contributed by atoms with Crippen molar-refractivity contribution in [1.82, 2.24) is 14.8 Å². The predicted octanol–water partition coefficient (Wildman–Crippen LogP) is 6.33. The Morgan fingerprint density at radius 1 is 0.933 bits per heavy atom.